The zero-order valence-electron chi connectivity index (χ0n) is 33.2. The van der Waals surface area contributed by atoms with Crippen molar-refractivity contribution in [1.29, 1.82) is 0 Å². The second-order valence-electron chi connectivity index (χ2n) is 14.5. The van der Waals surface area contributed by atoms with Gasteiger partial charge >= 0.3 is 11.9 Å². The second-order valence-corrected chi connectivity index (χ2v) is 14.5. The van der Waals surface area contributed by atoms with E-state index in [0.29, 0.717) is 18.4 Å². The van der Waals surface area contributed by atoms with Crippen molar-refractivity contribution in [2.75, 3.05) is 26.4 Å². The lowest BCUT2D eigenvalue weighted by molar-refractivity contribution is -0.326. The standard InChI is InChI=1S/C39H68O16/c1-7-8-9-10-11-12-13-16-32(46)55-37-35(49)34(48)30(23-42)53-38(37)54-31(39(6,50)18-14-15-24(2)3)20-29(52-26(5)43)25(4)17-19-51-36(28(45)22-41)33(47)27(44)21-40/h11-12,15,17,27-31,33-38,40-42,44-45,47-50H,7-10,13-14,16,18-23H2,1-6H3/b12-11-,25-17+/t27-,28-,29?,30-,31?,33-,34-,35+,36-,37+,38+,39?/m1/s1. The topological polar surface area (TPSA) is 262 Å². The molecule has 0 radical (unpaired) electrons. The van der Waals surface area contributed by atoms with E-state index in [0.717, 1.165) is 31.3 Å². The molecule has 55 heavy (non-hydrogen) atoms. The minimum absolute atomic E-state index is 0.0453. The van der Waals surface area contributed by atoms with E-state index in [-0.39, 0.29) is 25.9 Å². The summed E-state index contributed by atoms with van der Waals surface area (Å²) in [6.07, 6.45) is -4.97. The summed E-state index contributed by atoms with van der Waals surface area (Å²) in [5.41, 5.74) is -0.331. The molecule has 0 aromatic rings. The van der Waals surface area contributed by atoms with Crippen LogP contribution in [0, 0.1) is 0 Å². The van der Waals surface area contributed by atoms with Crippen LogP contribution in [0.15, 0.2) is 35.5 Å². The molecule has 320 valence electrons. The lowest BCUT2D eigenvalue weighted by Gasteiger charge is -2.44. The van der Waals surface area contributed by atoms with Gasteiger partial charge in [0, 0.05) is 19.8 Å². The molecule has 12 atom stereocenters. The van der Waals surface area contributed by atoms with Gasteiger partial charge in [-0.15, -0.1) is 0 Å². The van der Waals surface area contributed by atoms with Crippen LogP contribution in [0.4, 0.5) is 0 Å². The van der Waals surface area contributed by atoms with E-state index < -0.39 is 105 Å². The molecule has 0 spiro atoms. The van der Waals surface area contributed by atoms with Gasteiger partial charge in [0.1, 0.15) is 48.8 Å². The fraction of sp³-hybridized carbons (Fsp3) is 0.795. The molecule has 0 bridgehead atoms. The highest BCUT2D eigenvalue weighted by molar-refractivity contribution is 5.69. The number of rotatable bonds is 27. The summed E-state index contributed by atoms with van der Waals surface area (Å²) in [6, 6.07) is 0. The Kier molecular flexibility index (Phi) is 24.5. The SMILES string of the molecule is CCCCC/C=C\CCC(=O)O[C@@H]1[C@H](OC(CC(OC(C)=O)/C(C)=C/CO[C@@H]([C@H](O)[C@H](O)CO)[C@H](O)CO)C(C)(O)CCC=C(C)C)O[C@H](CO)[C@@H](O)[C@@H]1O. The third kappa shape index (κ3) is 18.2. The van der Waals surface area contributed by atoms with Gasteiger partial charge < -0.3 is 69.6 Å². The highest BCUT2D eigenvalue weighted by Gasteiger charge is 2.50. The Balaban J connectivity index is 3.46. The third-order valence-electron chi connectivity index (χ3n) is 9.37. The largest absolute Gasteiger partial charge is 0.458 e. The number of hydrogen-bond acceptors (Lipinski definition) is 16. The summed E-state index contributed by atoms with van der Waals surface area (Å²) >= 11 is 0. The molecule has 1 fully saturated rings. The van der Waals surface area contributed by atoms with Crippen molar-refractivity contribution in [2.24, 2.45) is 0 Å². The predicted molar refractivity (Wildman–Crippen MR) is 200 cm³/mol. The normalized spacial score (nSPS) is 25.0. The minimum Gasteiger partial charge on any atom is -0.458 e. The first-order chi connectivity index (χ1) is 25.9. The van der Waals surface area contributed by atoms with E-state index >= 15 is 0 Å². The minimum atomic E-state index is -1.76. The molecule has 16 heteroatoms. The van der Waals surface area contributed by atoms with Crippen molar-refractivity contribution < 1.29 is 79.2 Å². The van der Waals surface area contributed by atoms with E-state index in [1.54, 1.807) is 6.92 Å². The van der Waals surface area contributed by atoms with Gasteiger partial charge in [-0.25, -0.2) is 0 Å². The average Bonchev–Trinajstić information content (AvgIpc) is 3.13. The van der Waals surface area contributed by atoms with Gasteiger partial charge in [-0.05, 0) is 65.4 Å². The second kappa shape index (κ2) is 26.6. The van der Waals surface area contributed by atoms with Crippen LogP contribution in [0.1, 0.15) is 99.3 Å². The quantitative estimate of drug-likeness (QED) is 0.0317. The predicted octanol–water partition coefficient (Wildman–Crippen LogP) is 0.857. The molecule has 0 aliphatic carbocycles. The lowest BCUT2D eigenvalue weighted by Crippen LogP contribution is -2.62. The number of aliphatic hydroxyl groups is 9. The van der Waals surface area contributed by atoms with E-state index in [1.165, 1.54) is 19.9 Å². The number of allylic oxidation sites excluding steroid dienone is 4. The van der Waals surface area contributed by atoms with Gasteiger partial charge in [-0.3, -0.25) is 9.59 Å². The van der Waals surface area contributed by atoms with Gasteiger partial charge in [-0.1, -0.05) is 49.6 Å². The maximum atomic E-state index is 13.0. The summed E-state index contributed by atoms with van der Waals surface area (Å²) in [5.74, 6) is -1.41. The van der Waals surface area contributed by atoms with Crippen molar-refractivity contribution in [1.82, 2.24) is 0 Å². The maximum Gasteiger partial charge on any atom is 0.306 e. The van der Waals surface area contributed by atoms with Crippen LogP contribution in [-0.2, 0) is 33.3 Å². The third-order valence-corrected chi connectivity index (χ3v) is 9.37. The Hall–Kier alpha value is -2.32. The molecule has 1 saturated heterocycles. The lowest BCUT2D eigenvalue weighted by atomic mass is 9.87. The molecule has 1 rings (SSSR count). The number of carbonyl (C=O) groups is 2. The van der Waals surface area contributed by atoms with E-state index in [2.05, 4.69) is 6.92 Å². The monoisotopic (exact) mass is 792 g/mol. The molecule has 1 aliphatic rings. The van der Waals surface area contributed by atoms with Crippen LogP contribution in [0.3, 0.4) is 0 Å². The van der Waals surface area contributed by atoms with E-state index in [9.17, 15) is 55.5 Å². The summed E-state index contributed by atoms with van der Waals surface area (Å²) < 4.78 is 28.9. The van der Waals surface area contributed by atoms with Gasteiger partial charge in [0.2, 0.25) is 0 Å². The number of unbranched alkanes of at least 4 members (excludes halogenated alkanes) is 3. The van der Waals surface area contributed by atoms with Crippen LogP contribution in [0.5, 0.6) is 0 Å². The smallest absolute Gasteiger partial charge is 0.306 e. The average molecular weight is 793 g/mol. The molecule has 1 heterocycles. The van der Waals surface area contributed by atoms with Crippen LogP contribution in [-0.4, -0.2) is 157 Å². The first-order valence-corrected chi connectivity index (χ1v) is 19.1. The Morgan fingerprint density at radius 1 is 0.891 bits per heavy atom. The highest BCUT2D eigenvalue weighted by Crippen LogP contribution is 2.33. The van der Waals surface area contributed by atoms with Crippen molar-refractivity contribution >= 4 is 11.9 Å². The number of hydrogen-bond donors (Lipinski definition) is 9. The molecule has 0 saturated carbocycles. The molecule has 0 aromatic carbocycles. The number of ether oxygens (including phenoxy) is 5. The van der Waals surface area contributed by atoms with Crippen molar-refractivity contribution in [3.05, 3.63) is 35.5 Å². The first-order valence-electron chi connectivity index (χ1n) is 19.1. The van der Waals surface area contributed by atoms with Crippen molar-refractivity contribution in [3.8, 4) is 0 Å². The van der Waals surface area contributed by atoms with Gasteiger partial charge in [0.05, 0.1) is 38.1 Å². The Bertz CT molecular complexity index is 1180. The van der Waals surface area contributed by atoms with Crippen molar-refractivity contribution in [3.63, 3.8) is 0 Å². The van der Waals surface area contributed by atoms with Crippen LogP contribution in [0.25, 0.3) is 0 Å². The summed E-state index contributed by atoms with van der Waals surface area (Å²) in [6.45, 7) is 7.41. The molecular weight excluding hydrogens is 724 g/mol. The van der Waals surface area contributed by atoms with E-state index in [1.807, 2.05) is 32.1 Å². The first kappa shape index (κ1) is 50.7. The highest BCUT2D eigenvalue weighted by atomic mass is 16.7. The van der Waals surface area contributed by atoms with Gasteiger partial charge in [0.15, 0.2) is 12.4 Å². The fourth-order valence-electron chi connectivity index (χ4n) is 5.89. The number of aliphatic hydroxyl groups excluding tert-OH is 8. The Morgan fingerprint density at radius 2 is 1.55 bits per heavy atom. The molecular formula is C39H68O16. The number of esters is 2. The molecule has 0 amide bonds. The number of carbonyl (C=O) groups excluding carboxylic acids is 2. The maximum absolute atomic E-state index is 13.0. The zero-order valence-corrected chi connectivity index (χ0v) is 33.2. The molecule has 9 N–H and O–H groups in total. The zero-order chi connectivity index (χ0) is 41.7. The summed E-state index contributed by atoms with van der Waals surface area (Å²) in [5, 5.41) is 92.7. The molecule has 1 aliphatic heterocycles. The summed E-state index contributed by atoms with van der Waals surface area (Å²) in [7, 11) is 0. The van der Waals surface area contributed by atoms with E-state index in [4.69, 9.17) is 23.7 Å². The fourth-order valence-corrected chi connectivity index (χ4v) is 5.89. The molecule has 0 aromatic heterocycles. The van der Waals surface area contributed by atoms with Gasteiger partial charge in [0.25, 0.3) is 0 Å². The molecule has 3 unspecified atom stereocenters. The van der Waals surface area contributed by atoms with Gasteiger partial charge in [-0.2, -0.15) is 0 Å². The molecule has 16 nitrogen and oxygen atoms in total. The summed E-state index contributed by atoms with van der Waals surface area (Å²) in [4.78, 5) is 25.3. The van der Waals surface area contributed by atoms with Crippen LogP contribution in [0.2, 0.25) is 0 Å². The Morgan fingerprint density at radius 3 is 2.13 bits per heavy atom. The van der Waals surface area contributed by atoms with Crippen LogP contribution >= 0.6 is 0 Å². The van der Waals surface area contributed by atoms with Crippen molar-refractivity contribution in [2.45, 2.75) is 172 Å². The van der Waals surface area contributed by atoms with Crippen LogP contribution < -0.4 is 0 Å². The Labute approximate surface area is 325 Å².